The average Bonchev–Trinajstić information content (AvgIpc) is 2.50. The van der Waals surface area contributed by atoms with Crippen LogP contribution in [0.15, 0.2) is 18.3 Å². The largest absolute Gasteiger partial charge is 0.395 e. The maximum atomic E-state index is 9.35. The predicted molar refractivity (Wildman–Crippen MR) is 82.8 cm³/mol. The average molecular weight is 277 g/mol. The summed E-state index contributed by atoms with van der Waals surface area (Å²) in [5.74, 6) is 0.980. The second-order valence-corrected chi connectivity index (χ2v) is 5.53. The van der Waals surface area contributed by atoms with Gasteiger partial charge in [0, 0.05) is 37.4 Å². The molecule has 20 heavy (non-hydrogen) atoms. The summed E-state index contributed by atoms with van der Waals surface area (Å²) >= 11 is 0. The van der Waals surface area contributed by atoms with Crippen LogP contribution in [0.4, 0.5) is 5.82 Å². The third kappa shape index (κ3) is 4.18. The third-order valence-electron chi connectivity index (χ3n) is 4.09. The van der Waals surface area contributed by atoms with Crippen molar-refractivity contribution in [3.63, 3.8) is 0 Å². The van der Waals surface area contributed by atoms with Crippen molar-refractivity contribution < 1.29 is 5.11 Å². The summed E-state index contributed by atoms with van der Waals surface area (Å²) < 4.78 is 0. The molecule has 2 rings (SSSR count). The van der Waals surface area contributed by atoms with Crippen LogP contribution >= 0.6 is 0 Å². The Hall–Kier alpha value is -1.13. The highest BCUT2D eigenvalue weighted by Crippen LogP contribution is 2.25. The first-order valence-electron chi connectivity index (χ1n) is 7.87. The maximum absolute atomic E-state index is 9.35. The van der Waals surface area contributed by atoms with Crippen molar-refractivity contribution in [2.45, 2.75) is 51.6 Å². The Balaban J connectivity index is 2.06. The van der Waals surface area contributed by atoms with Gasteiger partial charge in [-0.05, 0) is 25.8 Å². The highest BCUT2D eigenvalue weighted by molar-refractivity contribution is 5.43. The monoisotopic (exact) mass is 277 g/mol. The Labute approximate surface area is 122 Å². The van der Waals surface area contributed by atoms with E-state index in [0.29, 0.717) is 6.04 Å². The van der Waals surface area contributed by atoms with E-state index in [-0.39, 0.29) is 6.61 Å². The Bertz CT molecular complexity index is 391. The van der Waals surface area contributed by atoms with Crippen LogP contribution in [-0.4, -0.2) is 40.7 Å². The Morgan fingerprint density at radius 2 is 2.15 bits per heavy atom. The lowest BCUT2D eigenvalue weighted by molar-refractivity contribution is 0.117. The van der Waals surface area contributed by atoms with E-state index in [9.17, 15) is 5.11 Å². The zero-order valence-electron chi connectivity index (χ0n) is 12.5. The molecule has 0 atom stereocenters. The van der Waals surface area contributed by atoms with E-state index in [1.54, 1.807) is 0 Å². The topological polar surface area (TPSA) is 48.4 Å². The summed E-state index contributed by atoms with van der Waals surface area (Å²) in [5.41, 5.74) is 1.23. The first kappa shape index (κ1) is 15.3. The van der Waals surface area contributed by atoms with Gasteiger partial charge >= 0.3 is 0 Å². The van der Waals surface area contributed by atoms with E-state index >= 15 is 0 Å². The summed E-state index contributed by atoms with van der Waals surface area (Å²) in [6.07, 6.45) is 8.35. The van der Waals surface area contributed by atoms with Crippen molar-refractivity contribution in [2.24, 2.45) is 0 Å². The number of hydrogen-bond donors (Lipinski definition) is 2. The van der Waals surface area contributed by atoms with Gasteiger partial charge < -0.3 is 10.4 Å². The van der Waals surface area contributed by atoms with E-state index in [4.69, 9.17) is 0 Å². The second-order valence-electron chi connectivity index (χ2n) is 5.53. The molecule has 112 valence electrons. The van der Waals surface area contributed by atoms with Crippen LogP contribution in [0.5, 0.6) is 0 Å². The van der Waals surface area contributed by atoms with Crippen LogP contribution in [0.3, 0.4) is 0 Å². The van der Waals surface area contributed by atoms with Crippen LogP contribution in [0.25, 0.3) is 0 Å². The van der Waals surface area contributed by atoms with Crippen LogP contribution in [0.1, 0.15) is 44.6 Å². The molecule has 0 saturated heterocycles. The standard InChI is InChI=1S/C16H27N3O/c1-2-17-16-14(7-6-10-18-16)13-19(11-12-20)15-8-4-3-5-9-15/h6-7,10,15,20H,2-5,8-9,11-13H2,1H3,(H,17,18). The van der Waals surface area contributed by atoms with Crippen molar-refractivity contribution in [1.29, 1.82) is 0 Å². The number of aliphatic hydroxyl groups excluding tert-OH is 1. The fourth-order valence-corrected chi connectivity index (χ4v) is 3.08. The van der Waals surface area contributed by atoms with Crippen LogP contribution in [0.2, 0.25) is 0 Å². The smallest absolute Gasteiger partial charge is 0.130 e. The molecule has 1 aromatic rings. The van der Waals surface area contributed by atoms with Gasteiger partial charge in [-0.3, -0.25) is 4.90 Å². The van der Waals surface area contributed by atoms with Crippen molar-refractivity contribution >= 4 is 5.82 Å². The fourth-order valence-electron chi connectivity index (χ4n) is 3.08. The normalized spacial score (nSPS) is 16.6. The summed E-state index contributed by atoms with van der Waals surface area (Å²) in [7, 11) is 0. The Morgan fingerprint density at radius 3 is 2.85 bits per heavy atom. The molecular weight excluding hydrogens is 250 g/mol. The molecular formula is C16H27N3O. The fraction of sp³-hybridized carbons (Fsp3) is 0.688. The quantitative estimate of drug-likeness (QED) is 0.804. The number of rotatable bonds is 7. The van der Waals surface area contributed by atoms with E-state index < -0.39 is 0 Å². The highest BCUT2D eigenvalue weighted by Gasteiger charge is 2.21. The summed E-state index contributed by atoms with van der Waals surface area (Å²) in [6.45, 7) is 4.83. The highest BCUT2D eigenvalue weighted by atomic mass is 16.3. The molecule has 0 bridgehead atoms. The number of aromatic nitrogens is 1. The number of anilines is 1. The molecule has 0 spiro atoms. The molecule has 0 aromatic carbocycles. The SMILES string of the molecule is CCNc1ncccc1CN(CCO)C1CCCCC1. The van der Waals surface area contributed by atoms with Gasteiger partial charge in [-0.15, -0.1) is 0 Å². The van der Waals surface area contributed by atoms with E-state index in [1.165, 1.54) is 37.7 Å². The minimum absolute atomic E-state index is 0.229. The molecule has 1 aliphatic carbocycles. The van der Waals surface area contributed by atoms with Crippen molar-refractivity contribution in [3.8, 4) is 0 Å². The molecule has 2 N–H and O–H groups in total. The molecule has 0 amide bonds. The molecule has 0 unspecified atom stereocenters. The van der Waals surface area contributed by atoms with Gasteiger partial charge in [0.1, 0.15) is 5.82 Å². The number of aliphatic hydroxyl groups is 1. The third-order valence-corrected chi connectivity index (χ3v) is 4.09. The lowest BCUT2D eigenvalue weighted by Gasteiger charge is -2.34. The first-order chi connectivity index (χ1) is 9.85. The van der Waals surface area contributed by atoms with E-state index in [0.717, 1.165) is 25.5 Å². The van der Waals surface area contributed by atoms with Crippen molar-refractivity contribution in [2.75, 3.05) is 25.0 Å². The minimum Gasteiger partial charge on any atom is -0.395 e. The van der Waals surface area contributed by atoms with Gasteiger partial charge in [0.25, 0.3) is 0 Å². The molecule has 1 saturated carbocycles. The van der Waals surface area contributed by atoms with Crippen LogP contribution in [0, 0.1) is 0 Å². The maximum Gasteiger partial charge on any atom is 0.130 e. The van der Waals surface area contributed by atoms with E-state index in [1.807, 2.05) is 12.3 Å². The minimum atomic E-state index is 0.229. The van der Waals surface area contributed by atoms with Gasteiger partial charge in [0.2, 0.25) is 0 Å². The Morgan fingerprint density at radius 1 is 1.35 bits per heavy atom. The van der Waals surface area contributed by atoms with Crippen molar-refractivity contribution in [1.82, 2.24) is 9.88 Å². The molecule has 0 radical (unpaired) electrons. The number of pyridine rings is 1. The molecule has 1 aromatic heterocycles. The lowest BCUT2D eigenvalue weighted by Crippen LogP contribution is -2.38. The molecule has 1 aliphatic rings. The number of nitrogens with zero attached hydrogens (tertiary/aromatic N) is 2. The molecule has 0 aliphatic heterocycles. The van der Waals surface area contributed by atoms with Crippen LogP contribution < -0.4 is 5.32 Å². The number of hydrogen-bond acceptors (Lipinski definition) is 4. The van der Waals surface area contributed by atoms with Gasteiger partial charge in [-0.25, -0.2) is 4.98 Å². The van der Waals surface area contributed by atoms with Gasteiger partial charge in [0.15, 0.2) is 0 Å². The summed E-state index contributed by atoms with van der Waals surface area (Å²) in [6, 6.07) is 4.75. The second kappa shape index (κ2) is 8.22. The predicted octanol–water partition coefficient (Wildman–Crippen LogP) is 2.64. The summed E-state index contributed by atoms with van der Waals surface area (Å²) in [4.78, 5) is 6.85. The summed E-state index contributed by atoms with van der Waals surface area (Å²) in [5, 5.41) is 12.7. The zero-order valence-corrected chi connectivity index (χ0v) is 12.5. The van der Waals surface area contributed by atoms with Gasteiger partial charge in [-0.1, -0.05) is 25.3 Å². The van der Waals surface area contributed by atoms with Crippen LogP contribution in [-0.2, 0) is 6.54 Å². The molecule has 1 heterocycles. The number of nitrogens with one attached hydrogen (secondary N) is 1. The van der Waals surface area contributed by atoms with Crippen molar-refractivity contribution in [3.05, 3.63) is 23.9 Å². The molecule has 1 fully saturated rings. The molecule has 4 heteroatoms. The van der Waals surface area contributed by atoms with Gasteiger partial charge in [0.05, 0.1) is 6.61 Å². The first-order valence-corrected chi connectivity index (χ1v) is 7.87. The lowest BCUT2D eigenvalue weighted by atomic mass is 9.94. The Kier molecular flexibility index (Phi) is 6.27. The molecule has 4 nitrogen and oxygen atoms in total. The van der Waals surface area contributed by atoms with Gasteiger partial charge in [-0.2, -0.15) is 0 Å². The zero-order chi connectivity index (χ0) is 14.2. The van der Waals surface area contributed by atoms with E-state index in [2.05, 4.69) is 28.2 Å².